The lowest BCUT2D eigenvalue weighted by Gasteiger charge is -2.32. The average molecular weight is 305 g/mol. The van der Waals surface area contributed by atoms with Gasteiger partial charge in [0.1, 0.15) is 5.54 Å². The molecule has 5 heteroatoms. The Labute approximate surface area is 128 Å². The maximum absolute atomic E-state index is 13.0. The Morgan fingerprint density at radius 1 is 1.38 bits per heavy atom. The third kappa shape index (κ3) is 2.33. The predicted molar refractivity (Wildman–Crippen MR) is 82.4 cm³/mol. The van der Waals surface area contributed by atoms with Gasteiger partial charge in [0.25, 0.3) is 11.8 Å². The molecular weight excluding hydrogens is 288 g/mol. The van der Waals surface area contributed by atoms with Crippen molar-refractivity contribution in [3.8, 4) is 0 Å². The quantitative estimate of drug-likeness (QED) is 0.933. The number of carbonyl (C=O) groups excluding carboxylic acids is 2. The van der Waals surface area contributed by atoms with Crippen LogP contribution in [0.15, 0.2) is 35.9 Å². The van der Waals surface area contributed by atoms with E-state index in [9.17, 15) is 9.59 Å². The number of para-hydroxylation sites is 1. The number of halogens is 1. The van der Waals surface area contributed by atoms with Crippen LogP contribution in [0, 0.1) is 5.92 Å². The third-order valence-corrected chi connectivity index (χ3v) is 4.45. The molecular formula is C16H17ClN2O2. The Balaban J connectivity index is 2.10. The Bertz CT molecular complexity index is 624. The van der Waals surface area contributed by atoms with E-state index < -0.39 is 5.54 Å². The van der Waals surface area contributed by atoms with Crippen molar-refractivity contribution in [2.75, 3.05) is 11.4 Å². The van der Waals surface area contributed by atoms with E-state index in [-0.39, 0.29) is 17.7 Å². The van der Waals surface area contributed by atoms with Crippen molar-refractivity contribution in [3.05, 3.63) is 41.4 Å². The molecule has 0 saturated heterocycles. The molecule has 1 unspecified atom stereocenters. The number of benzene rings is 1. The first kappa shape index (κ1) is 14.1. The number of amides is 2. The van der Waals surface area contributed by atoms with Gasteiger partial charge in [0, 0.05) is 12.1 Å². The highest BCUT2D eigenvalue weighted by Crippen LogP contribution is 2.42. The standard InChI is InChI=1S/C16H17ClN2O2/c1-16(11-7-8-11)15(21)19(10-4-9-17)13-6-3-2-5-12(13)14(20)18-16/h2-6,9,11H,7-8,10H2,1H3,(H,18,20)/b9-4+. The Hall–Kier alpha value is -1.81. The van der Waals surface area contributed by atoms with Crippen molar-refractivity contribution in [2.24, 2.45) is 5.92 Å². The molecule has 1 aliphatic carbocycles. The van der Waals surface area contributed by atoms with Crippen molar-refractivity contribution >= 4 is 29.1 Å². The smallest absolute Gasteiger partial charge is 0.254 e. The first-order chi connectivity index (χ1) is 10.1. The Morgan fingerprint density at radius 2 is 2.10 bits per heavy atom. The molecule has 21 heavy (non-hydrogen) atoms. The number of fused-ring (bicyclic) bond motifs is 1. The monoisotopic (exact) mass is 304 g/mol. The van der Waals surface area contributed by atoms with Gasteiger partial charge in [-0.15, -0.1) is 0 Å². The number of nitrogens with one attached hydrogen (secondary N) is 1. The fourth-order valence-corrected chi connectivity index (χ4v) is 2.99. The van der Waals surface area contributed by atoms with E-state index in [1.54, 1.807) is 29.2 Å². The highest BCUT2D eigenvalue weighted by Gasteiger charge is 2.51. The van der Waals surface area contributed by atoms with Gasteiger partial charge in [-0.25, -0.2) is 0 Å². The molecule has 2 aliphatic rings. The molecule has 1 aliphatic heterocycles. The first-order valence-electron chi connectivity index (χ1n) is 7.06. The van der Waals surface area contributed by atoms with E-state index in [0.29, 0.717) is 17.8 Å². The molecule has 1 aromatic carbocycles. The summed E-state index contributed by atoms with van der Waals surface area (Å²) in [6.45, 7) is 2.19. The number of anilines is 1. The summed E-state index contributed by atoms with van der Waals surface area (Å²) < 4.78 is 0. The minimum absolute atomic E-state index is 0.0712. The Kier molecular flexibility index (Phi) is 3.49. The molecule has 1 aromatic rings. The van der Waals surface area contributed by atoms with Crippen molar-refractivity contribution in [1.82, 2.24) is 5.32 Å². The van der Waals surface area contributed by atoms with E-state index in [4.69, 9.17) is 11.6 Å². The van der Waals surface area contributed by atoms with Crippen LogP contribution in [0.2, 0.25) is 0 Å². The number of hydrogen-bond donors (Lipinski definition) is 1. The summed E-state index contributed by atoms with van der Waals surface area (Å²) in [7, 11) is 0. The van der Waals surface area contributed by atoms with Crippen LogP contribution >= 0.6 is 11.6 Å². The normalized spacial score (nSPS) is 25.7. The SMILES string of the molecule is CC1(C2CC2)NC(=O)c2ccccc2N(C/C=C/Cl)C1=O. The van der Waals surface area contributed by atoms with Gasteiger partial charge in [-0.1, -0.05) is 29.8 Å². The lowest BCUT2D eigenvalue weighted by Crippen LogP contribution is -2.57. The second kappa shape index (κ2) is 5.19. The fourth-order valence-electron chi connectivity index (χ4n) is 2.91. The van der Waals surface area contributed by atoms with E-state index in [1.807, 2.05) is 13.0 Å². The van der Waals surface area contributed by atoms with Gasteiger partial charge in [-0.05, 0) is 37.8 Å². The highest BCUT2D eigenvalue weighted by molar-refractivity contribution is 6.25. The number of nitrogens with zero attached hydrogens (tertiary/aromatic N) is 1. The minimum atomic E-state index is -0.837. The predicted octanol–water partition coefficient (Wildman–Crippen LogP) is 2.68. The molecule has 4 nitrogen and oxygen atoms in total. The van der Waals surface area contributed by atoms with Gasteiger partial charge in [0.2, 0.25) is 0 Å². The second-order valence-corrected chi connectivity index (χ2v) is 5.98. The second-order valence-electron chi connectivity index (χ2n) is 5.73. The van der Waals surface area contributed by atoms with Gasteiger partial charge >= 0.3 is 0 Å². The summed E-state index contributed by atoms with van der Waals surface area (Å²) >= 11 is 5.61. The van der Waals surface area contributed by atoms with Crippen LogP contribution in [0.5, 0.6) is 0 Å². The van der Waals surface area contributed by atoms with Gasteiger partial charge in [0.15, 0.2) is 0 Å². The van der Waals surface area contributed by atoms with Crippen molar-refractivity contribution < 1.29 is 9.59 Å². The maximum atomic E-state index is 13.0. The van der Waals surface area contributed by atoms with E-state index in [0.717, 1.165) is 12.8 Å². The maximum Gasteiger partial charge on any atom is 0.254 e. The zero-order valence-electron chi connectivity index (χ0n) is 11.8. The summed E-state index contributed by atoms with van der Waals surface area (Å²) in [5.74, 6) is -0.0467. The molecule has 3 rings (SSSR count). The molecule has 1 N–H and O–H groups in total. The molecule has 1 heterocycles. The topological polar surface area (TPSA) is 49.4 Å². The lowest BCUT2D eigenvalue weighted by molar-refractivity contribution is -0.124. The first-order valence-corrected chi connectivity index (χ1v) is 7.50. The summed E-state index contributed by atoms with van der Waals surface area (Å²) in [6.07, 6.45) is 3.65. The van der Waals surface area contributed by atoms with Gasteiger partial charge in [-0.2, -0.15) is 0 Å². The molecule has 0 radical (unpaired) electrons. The van der Waals surface area contributed by atoms with E-state index in [2.05, 4.69) is 5.32 Å². The molecule has 110 valence electrons. The summed E-state index contributed by atoms with van der Waals surface area (Å²) in [4.78, 5) is 27.1. The molecule has 1 atom stereocenters. The van der Waals surface area contributed by atoms with Gasteiger partial charge in [0.05, 0.1) is 11.3 Å². The summed E-state index contributed by atoms with van der Waals surface area (Å²) in [5.41, 5.74) is 1.72. The third-order valence-electron chi connectivity index (χ3n) is 4.27. The molecule has 1 fully saturated rings. The number of carbonyl (C=O) groups is 2. The van der Waals surface area contributed by atoms with Gasteiger partial charge < -0.3 is 10.2 Å². The lowest BCUT2D eigenvalue weighted by atomic mass is 9.94. The highest BCUT2D eigenvalue weighted by atomic mass is 35.5. The van der Waals surface area contributed by atoms with Crippen LogP contribution in [0.4, 0.5) is 5.69 Å². The van der Waals surface area contributed by atoms with Crippen molar-refractivity contribution in [3.63, 3.8) is 0 Å². The molecule has 0 spiro atoms. The zero-order valence-corrected chi connectivity index (χ0v) is 12.6. The molecule has 2 amide bonds. The van der Waals surface area contributed by atoms with E-state index in [1.165, 1.54) is 5.54 Å². The van der Waals surface area contributed by atoms with Crippen LogP contribution in [-0.2, 0) is 4.79 Å². The Morgan fingerprint density at radius 3 is 2.76 bits per heavy atom. The zero-order chi connectivity index (χ0) is 15.0. The molecule has 1 saturated carbocycles. The van der Waals surface area contributed by atoms with Crippen LogP contribution in [0.3, 0.4) is 0 Å². The average Bonchev–Trinajstić information content (AvgIpc) is 3.32. The van der Waals surface area contributed by atoms with Crippen molar-refractivity contribution in [1.29, 1.82) is 0 Å². The molecule has 0 bridgehead atoms. The number of rotatable bonds is 3. The van der Waals surface area contributed by atoms with Crippen LogP contribution in [0.25, 0.3) is 0 Å². The van der Waals surface area contributed by atoms with Crippen LogP contribution in [-0.4, -0.2) is 23.9 Å². The molecule has 0 aromatic heterocycles. The van der Waals surface area contributed by atoms with Gasteiger partial charge in [-0.3, -0.25) is 9.59 Å². The fraction of sp³-hybridized carbons (Fsp3) is 0.375. The minimum Gasteiger partial charge on any atom is -0.338 e. The van der Waals surface area contributed by atoms with Crippen LogP contribution in [0.1, 0.15) is 30.1 Å². The van der Waals surface area contributed by atoms with Crippen LogP contribution < -0.4 is 10.2 Å². The largest absolute Gasteiger partial charge is 0.338 e. The number of hydrogen-bond acceptors (Lipinski definition) is 2. The summed E-state index contributed by atoms with van der Waals surface area (Å²) in [6, 6.07) is 7.18. The summed E-state index contributed by atoms with van der Waals surface area (Å²) in [5, 5.41) is 2.94. The van der Waals surface area contributed by atoms with E-state index >= 15 is 0 Å². The van der Waals surface area contributed by atoms with Crippen molar-refractivity contribution in [2.45, 2.75) is 25.3 Å².